The summed E-state index contributed by atoms with van der Waals surface area (Å²) in [5.74, 6) is -3.70. The molecule has 1 aromatic rings. The van der Waals surface area contributed by atoms with Crippen molar-refractivity contribution in [1.29, 1.82) is 0 Å². The smallest absolute Gasteiger partial charge is 0.239 e. The van der Waals surface area contributed by atoms with Gasteiger partial charge in [-0.1, -0.05) is 12.8 Å². The molecule has 5 nitrogen and oxygen atoms in total. The molecule has 0 aromatic heterocycles. The number of anilines is 1. The van der Waals surface area contributed by atoms with Gasteiger partial charge in [0.15, 0.2) is 11.6 Å². The summed E-state index contributed by atoms with van der Waals surface area (Å²) < 4.78 is 26.4. The molecule has 3 rings (SSSR count). The van der Waals surface area contributed by atoms with Crippen LogP contribution in [0.25, 0.3) is 0 Å². The summed E-state index contributed by atoms with van der Waals surface area (Å²) in [5.41, 5.74) is -0.390. The van der Waals surface area contributed by atoms with Gasteiger partial charge in [-0.2, -0.15) is 0 Å². The Bertz CT molecular complexity index is 659. The summed E-state index contributed by atoms with van der Waals surface area (Å²) in [7, 11) is 0. The maximum Gasteiger partial charge on any atom is 0.239 e. The molecule has 0 radical (unpaired) electrons. The van der Waals surface area contributed by atoms with Crippen LogP contribution in [0.4, 0.5) is 14.5 Å². The van der Waals surface area contributed by atoms with Crippen molar-refractivity contribution >= 4 is 17.5 Å². The second kappa shape index (κ2) is 6.47. The zero-order valence-corrected chi connectivity index (χ0v) is 13.2. The highest BCUT2D eigenvalue weighted by Gasteiger charge is 2.42. The third-order valence-corrected chi connectivity index (χ3v) is 4.99. The zero-order valence-electron chi connectivity index (χ0n) is 13.2. The Labute approximate surface area is 138 Å². The maximum absolute atomic E-state index is 13.4. The quantitative estimate of drug-likeness (QED) is 0.822. The number of hydrogen-bond acceptors (Lipinski definition) is 3. The topological polar surface area (TPSA) is 69.6 Å². The Kier molecular flexibility index (Phi) is 4.54. The number of aliphatic hydroxyl groups is 1. The van der Waals surface area contributed by atoms with Crippen LogP contribution in [-0.4, -0.2) is 35.6 Å². The fourth-order valence-corrected chi connectivity index (χ4v) is 3.56. The maximum atomic E-state index is 13.4. The van der Waals surface area contributed by atoms with Crippen molar-refractivity contribution in [3.05, 3.63) is 29.8 Å². The van der Waals surface area contributed by atoms with Gasteiger partial charge in [-0.25, -0.2) is 8.78 Å². The van der Waals surface area contributed by atoms with Crippen LogP contribution in [0, 0.1) is 17.6 Å². The van der Waals surface area contributed by atoms with Crippen LogP contribution < -0.4 is 10.2 Å². The minimum Gasteiger partial charge on any atom is -0.394 e. The van der Waals surface area contributed by atoms with Gasteiger partial charge in [-0.05, 0) is 31.4 Å². The predicted molar refractivity (Wildman–Crippen MR) is 83.2 cm³/mol. The molecule has 2 fully saturated rings. The van der Waals surface area contributed by atoms with E-state index in [9.17, 15) is 23.5 Å². The summed E-state index contributed by atoms with van der Waals surface area (Å²) >= 11 is 0. The molecule has 2 aliphatic rings. The van der Waals surface area contributed by atoms with Crippen LogP contribution in [0.5, 0.6) is 0 Å². The summed E-state index contributed by atoms with van der Waals surface area (Å²) in [5, 5.41) is 12.4. The van der Waals surface area contributed by atoms with Crippen LogP contribution in [0.15, 0.2) is 18.2 Å². The van der Waals surface area contributed by atoms with E-state index in [0.29, 0.717) is 19.3 Å². The van der Waals surface area contributed by atoms with Crippen molar-refractivity contribution in [2.75, 3.05) is 18.1 Å². The lowest BCUT2D eigenvalue weighted by molar-refractivity contribution is -0.133. The molecule has 1 aliphatic carbocycles. The molecule has 2 N–H and O–H groups in total. The molecule has 1 heterocycles. The van der Waals surface area contributed by atoms with Crippen molar-refractivity contribution in [3.8, 4) is 0 Å². The number of aliphatic hydroxyl groups excluding tert-OH is 1. The molecule has 2 amide bonds. The van der Waals surface area contributed by atoms with E-state index in [1.807, 2.05) is 0 Å². The Morgan fingerprint density at radius 3 is 2.62 bits per heavy atom. The molecule has 1 aromatic carbocycles. The second-order valence-electron chi connectivity index (χ2n) is 6.56. The Morgan fingerprint density at radius 1 is 1.29 bits per heavy atom. The number of nitrogens with one attached hydrogen (secondary N) is 1. The van der Waals surface area contributed by atoms with E-state index in [4.69, 9.17) is 0 Å². The first kappa shape index (κ1) is 16.8. The highest BCUT2D eigenvalue weighted by atomic mass is 19.2. The minimum absolute atomic E-state index is 0.146. The van der Waals surface area contributed by atoms with E-state index in [1.165, 1.54) is 11.0 Å². The number of nitrogens with zero attached hydrogens (tertiary/aromatic N) is 1. The Morgan fingerprint density at radius 2 is 2.00 bits per heavy atom. The van der Waals surface area contributed by atoms with E-state index >= 15 is 0 Å². The van der Waals surface area contributed by atoms with Gasteiger partial charge in [0, 0.05) is 18.3 Å². The highest BCUT2D eigenvalue weighted by molar-refractivity contribution is 6.09. The van der Waals surface area contributed by atoms with Crippen LogP contribution in [0.2, 0.25) is 0 Å². The lowest BCUT2D eigenvalue weighted by atomic mass is 9.96. The third-order valence-electron chi connectivity index (χ3n) is 4.99. The van der Waals surface area contributed by atoms with Crippen molar-refractivity contribution in [2.45, 2.75) is 37.6 Å². The van der Waals surface area contributed by atoms with Gasteiger partial charge in [0.1, 0.15) is 5.92 Å². The van der Waals surface area contributed by atoms with Gasteiger partial charge in [-0.3, -0.25) is 9.59 Å². The molecule has 130 valence electrons. The monoisotopic (exact) mass is 338 g/mol. The van der Waals surface area contributed by atoms with E-state index in [-0.39, 0.29) is 18.8 Å². The number of carbonyl (C=O) groups is 2. The number of rotatable bonds is 4. The van der Waals surface area contributed by atoms with E-state index in [0.717, 1.165) is 25.0 Å². The van der Waals surface area contributed by atoms with Gasteiger partial charge in [0.2, 0.25) is 11.8 Å². The molecule has 1 saturated carbocycles. The zero-order chi connectivity index (χ0) is 17.3. The van der Waals surface area contributed by atoms with Gasteiger partial charge >= 0.3 is 0 Å². The van der Waals surface area contributed by atoms with Gasteiger partial charge in [0.05, 0.1) is 12.1 Å². The molecule has 0 bridgehead atoms. The minimum atomic E-state index is -1.03. The van der Waals surface area contributed by atoms with Crippen molar-refractivity contribution in [2.24, 2.45) is 5.92 Å². The first-order chi connectivity index (χ1) is 11.5. The fourth-order valence-electron chi connectivity index (χ4n) is 3.56. The van der Waals surface area contributed by atoms with Crippen LogP contribution >= 0.6 is 0 Å². The largest absolute Gasteiger partial charge is 0.394 e. The molecular formula is C17H20F2N2O3. The van der Waals surface area contributed by atoms with Gasteiger partial charge in [-0.15, -0.1) is 0 Å². The van der Waals surface area contributed by atoms with Crippen molar-refractivity contribution in [3.63, 3.8) is 0 Å². The first-order valence-electron chi connectivity index (χ1n) is 8.15. The molecule has 1 atom stereocenters. The number of hydrogen-bond donors (Lipinski definition) is 2. The molecule has 1 unspecified atom stereocenters. The number of halogens is 2. The summed E-state index contributed by atoms with van der Waals surface area (Å²) in [6, 6.07) is 3.24. The Balaban J connectivity index is 1.71. The van der Waals surface area contributed by atoms with Gasteiger partial charge in [0.25, 0.3) is 0 Å². The van der Waals surface area contributed by atoms with E-state index in [1.54, 1.807) is 0 Å². The van der Waals surface area contributed by atoms with Crippen molar-refractivity contribution < 1.29 is 23.5 Å². The van der Waals surface area contributed by atoms with Gasteiger partial charge < -0.3 is 15.3 Å². The molecule has 7 heteroatoms. The molecule has 1 aliphatic heterocycles. The summed E-state index contributed by atoms with van der Waals surface area (Å²) in [4.78, 5) is 26.3. The summed E-state index contributed by atoms with van der Waals surface area (Å²) in [6.45, 7) is 0.126. The molecule has 1 saturated heterocycles. The molecule has 0 spiro atoms. The molecule has 24 heavy (non-hydrogen) atoms. The molecular weight excluding hydrogens is 318 g/mol. The highest BCUT2D eigenvalue weighted by Crippen LogP contribution is 2.31. The fraction of sp³-hybridized carbons (Fsp3) is 0.529. The number of amides is 2. The lowest BCUT2D eigenvalue weighted by Gasteiger charge is -2.29. The van der Waals surface area contributed by atoms with E-state index < -0.39 is 34.9 Å². The van der Waals surface area contributed by atoms with Crippen LogP contribution in [0.3, 0.4) is 0 Å². The average Bonchev–Trinajstić information content (AvgIpc) is 3.17. The van der Waals surface area contributed by atoms with Crippen LogP contribution in [0.1, 0.15) is 32.1 Å². The standard InChI is InChI=1S/C17H20F2N2O3/c18-13-4-3-11(9-14(13)19)21-8-5-12(16(21)24)15(23)20-17(10-22)6-1-2-7-17/h3-4,9,12,22H,1-2,5-8,10H2,(H,20,23). The van der Waals surface area contributed by atoms with Crippen LogP contribution in [-0.2, 0) is 9.59 Å². The third kappa shape index (κ3) is 3.00. The summed E-state index contributed by atoms with van der Waals surface area (Å²) in [6.07, 6.45) is 3.57. The Hall–Kier alpha value is -2.02. The average molecular weight is 338 g/mol. The second-order valence-corrected chi connectivity index (χ2v) is 6.56. The number of benzene rings is 1. The van der Waals surface area contributed by atoms with E-state index in [2.05, 4.69) is 5.32 Å². The SMILES string of the molecule is O=C(NC1(CO)CCCC1)C1CCN(c2ccc(F)c(F)c2)C1=O. The normalized spacial score (nSPS) is 22.9. The predicted octanol–water partition coefficient (Wildman–Crippen LogP) is 1.74. The lowest BCUT2D eigenvalue weighted by Crippen LogP contribution is -2.52. The number of carbonyl (C=O) groups excluding carboxylic acids is 2. The van der Waals surface area contributed by atoms with Crippen molar-refractivity contribution in [1.82, 2.24) is 5.32 Å². The first-order valence-corrected chi connectivity index (χ1v) is 8.15.